The Balaban J connectivity index is 2.49. The van der Waals surface area contributed by atoms with Gasteiger partial charge in [0.05, 0.1) is 7.11 Å². The number of nitrogens with zero attached hydrogens (tertiary/aromatic N) is 2. The van der Waals surface area contributed by atoms with Crippen LogP contribution in [0.3, 0.4) is 0 Å². The van der Waals surface area contributed by atoms with Crippen molar-refractivity contribution in [2.75, 3.05) is 7.11 Å². The first kappa shape index (κ1) is 12.6. The largest absolute Gasteiger partial charge is 0.496 e. The highest BCUT2D eigenvalue weighted by molar-refractivity contribution is 5.62. The molecule has 0 saturated heterocycles. The average Bonchev–Trinajstić information content (AvgIpc) is 2.78. The van der Waals surface area contributed by atoms with E-state index in [1.807, 2.05) is 33.8 Å². The molecule has 96 valence electrons. The molecule has 0 atom stereocenters. The summed E-state index contributed by atoms with van der Waals surface area (Å²) in [6, 6.07) is 4.01. The van der Waals surface area contributed by atoms with Crippen LogP contribution < -0.4 is 4.74 Å². The minimum atomic E-state index is 0.235. The highest BCUT2D eigenvalue weighted by Crippen LogP contribution is 2.30. The Morgan fingerprint density at radius 2 is 1.83 bits per heavy atom. The number of aryl methyl sites for hydroxylation is 2. The van der Waals surface area contributed by atoms with E-state index in [0.29, 0.717) is 11.8 Å². The Kier molecular flexibility index (Phi) is 3.36. The Labute approximate surface area is 107 Å². The van der Waals surface area contributed by atoms with E-state index in [1.54, 1.807) is 7.11 Å². The summed E-state index contributed by atoms with van der Waals surface area (Å²) in [7, 11) is 1.66. The molecule has 0 bridgehead atoms. The van der Waals surface area contributed by atoms with E-state index in [2.05, 4.69) is 16.3 Å². The predicted molar refractivity (Wildman–Crippen MR) is 69.8 cm³/mol. The van der Waals surface area contributed by atoms with Crippen LogP contribution in [0.25, 0.3) is 11.5 Å². The summed E-state index contributed by atoms with van der Waals surface area (Å²) in [6.07, 6.45) is 0. The number of methoxy groups -OCH3 is 1. The molecule has 1 heterocycles. The van der Waals surface area contributed by atoms with Crippen molar-refractivity contribution in [3.63, 3.8) is 0 Å². The van der Waals surface area contributed by atoms with Gasteiger partial charge in [-0.1, -0.05) is 19.9 Å². The SMILES string of the molecule is COc1cc(-c2nnc(C(C)C)o2)c(C)cc1C. The molecule has 2 aromatic rings. The summed E-state index contributed by atoms with van der Waals surface area (Å²) in [5.74, 6) is 2.28. The average molecular weight is 246 g/mol. The molecular formula is C14H18N2O2. The molecule has 1 aromatic heterocycles. The lowest BCUT2D eigenvalue weighted by atomic mass is 10.0. The fourth-order valence-corrected chi connectivity index (χ4v) is 1.86. The highest BCUT2D eigenvalue weighted by atomic mass is 16.5. The summed E-state index contributed by atoms with van der Waals surface area (Å²) >= 11 is 0. The zero-order valence-corrected chi connectivity index (χ0v) is 11.4. The molecular weight excluding hydrogens is 228 g/mol. The van der Waals surface area contributed by atoms with Crippen LogP contribution in [-0.4, -0.2) is 17.3 Å². The third-order valence-electron chi connectivity index (χ3n) is 2.91. The zero-order chi connectivity index (χ0) is 13.3. The van der Waals surface area contributed by atoms with Crippen LogP contribution in [0, 0.1) is 13.8 Å². The van der Waals surface area contributed by atoms with Gasteiger partial charge in [0.25, 0.3) is 0 Å². The lowest BCUT2D eigenvalue weighted by Crippen LogP contribution is -1.91. The van der Waals surface area contributed by atoms with Gasteiger partial charge < -0.3 is 9.15 Å². The lowest BCUT2D eigenvalue weighted by molar-refractivity contribution is 0.411. The summed E-state index contributed by atoms with van der Waals surface area (Å²) in [4.78, 5) is 0. The van der Waals surface area contributed by atoms with E-state index < -0.39 is 0 Å². The van der Waals surface area contributed by atoms with E-state index >= 15 is 0 Å². The second kappa shape index (κ2) is 4.80. The lowest BCUT2D eigenvalue weighted by Gasteiger charge is -2.08. The van der Waals surface area contributed by atoms with Gasteiger partial charge >= 0.3 is 0 Å². The Morgan fingerprint density at radius 1 is 1.11 bits per heavy atom. The van der Waals surface area contributed by atoms with Crippen molar-refractivity contribution in [1.29, 1.82) is 0 Å². The van der Waals surface area contributed by atoms with Gasteiger partial charge in [0, 0.05) is 11.5 Å². The van der Waals surface area contributed by atoms with Crippen LogP contribution in [-0.2, 0) is 0 Å². The van der Waals surface area contributed by atoms with E-state index in [9.17, 15) is 0 Å². The number of benzene rings is 1. The first-order valence-corrected chi connectivity index (χ1v) is 6.02. The van der Waals surface area contributed by atoms with Crippen molar-refractivity contribution in [3.8, 4) is 17.2 Å². The minimum Gasteiger partial charge on any atom is -0.496 e. The molecule has 0 unspecified atom stereocenters. The molecule has 4 nitrogen and oxygen atoms in total. The maximum Gasteiger partial charge on any atom is 0.248 e. The van der Waals surface area contributed by atoms with E-state index in [0.717, 1.165) is 22.4 Å². The number of hydrogen-bond donors (Lipinski definition) is 0. The summed E-state index contributed by atoms with van der Waals surface area (Å²) in [5, 5.41) is 8.15. The molecule has 0 aliphatic heterocycles. The van der Waals surface area contributed by atoms with Crippen LogP contribution in [0.4, 0.5) is 0 Å². The van der Waals surface area contributed by atoms with Crippen LogP contribution in [0.1, 0.15) is 36.8 Å². The monoisotopic (exact) mass is 246 g/mol. The quantitative estimate of drug-likeness (QED) is 0.831. The first-order valence-electron chi connectivity index (χ1n) is 6.02. The van der Waals surface area contributed by atoms with Crippen molar-refractivity contribution >= 4 is 0 Å². The molecule has 0 fully saturated rings. The van der Waals surface area contributed by atoms with Gasteiger partial charge in [-0.2, -0.15) is 0 Å². The second-order valence-electron chi connectivity index (χ2n) is 4.74. The van der Waals surface area contributed by atoms with Gasteiger partial charge in [-0.05, 0) is 31.0 Å². The van der Waals surface area contributed by atoms with Crippen molar-refractivity contribution in [2.45, 2.75) is 33.6 Å². The first-order chi connectivity index (χ1) is 8.52. The summed E-state index contributed by atoms with van der Waals surface area (Å²) in [5.41, 5.74) is 3.13. The van der Waals surface area contributed by atoms with Crippen LogP contribution in [0.5, 0.6) is 5.75 Å². The van der Waals surface area contributed by atoms with Gasteiger partial charge in [-0.3, -0.25) is 0 Å². The molecule has 0 N–H and O–H groups in total. The van der Waals surface area contributed by atoms with Gasteiger partial charge in [-0.15, -0.1) is 10.2 Å². The summed E-state index contributed by atoms with van der Waals surface area (Å²) < 4.78 is 11.0. The van der Waals surface area contributed by atoms with Crippen LogP contribution in [0.2, 0.25) is 0 Å². The number of rotatable bonds is 3. The van der Waals surface area contributed by atoms with E-state index in [4.69, 9.17) is 9.15 Å². The molecule has 0 spiro atoms. The number of hydrogen-bond acceptors (Lipinski definition) is 4. The fourth-order valence-electron chi connectivity index (χ4n) is 1.86. The molecule has 0 aliphatic rings. The number of aromatic nitrogens is 2. The Bertz CT molecular complexity index is 559. The molecule has 4 heteroatoms. The Hall–Kier alpha value is -1.84. The molecule has 1 aromatic carbocycles. The molecule has 2 rings (SSSR count). The highest BCUT2D eigenvalue weighted by Gasteiger charge is 2.15. The van der Waals surface area contributed by atoms with E-state index in [-0.39, 0.29) is 5.92 Å². The van der Waals surface area contributed by atoms with Crippen molar-refractivity contribution in [2.24, 2.45) is 0 Å². The molecule has 0 saturated carbocycles. The minimum absolute atomic E-state index is 0.235. The topological polar surface area (TPSA) is 48.2 Å². The third-order valence-corrected chi connectivity index (χ3v) is 2.91. The van der Waals surface area contributed by atoms with Crippen molar-refractivity contribution in [3.05, 3.63) is 29.2 Å². The molecule has 18 heavy (non-hydrogen) atoms. The van der Waals surface area contributed by atoms with Gasteiger partial charge in [0.15, 0.2) is 0 Å². The fraction of sp³-hybridized carbons (Fsp3) is 0.429. The van der Waals surface area contributed by atoms with Gasteiger partial charge in [0.2, 0.25) is 11.8 Å². The van der Waals surface area contributed by atoms with Crippen LogP contribution >= 0.6 is 0 Å². The maximum absolute atomic E-state index is 5.67. The third kappa shape index (κ3) is 2.23. The molecule has 0 amide bonds. The van der Waals surface area contributed by atoms with E-state index in [1.165, 1.54) is 0 Å². The number of ether oxygens (including phenoxy) is 1. The Morgan fingerprint density at radius 3 is 2.39 bits per heavy atom. The molecule has 0 radical (unpaired) electrons. The summed E-state index contributed by atoms with van der Waals surface area (Å²) in [6.45, 7) is 8.10. The standard InChI is InChI=1S/C14H18N2O2/c1-8(2)13-15-16-14(18-13)11-7-12(17-5)10(4)6-9(11)3/h6-8H,1-5H3. The smallest absolute Gasteiger partial charge is 0.248 e. The van der Waals surface area contributed by atoms with Crippen molar-refractivity contribution in [1.82, 2.24) is 10.2 Å². The predicted octanol–water partition coefficient (Wildman–Crippen LogP) is 3.49. The van der Waals surface area contributed by atoms with Gasteiger partial charge in [-0.25, -0.2) is 0 Å². The second-order valence-corrected chi connectivity index (χ2v) is 4.74. The zero-order valence-electron chi connectivity index (χ0n) is 11.4. The molecule has 0 aliphatic carbocycles. The maximum atomic E-state index is 5.67. The van der Waals surface area contributed by atoms with Gasteiger partial charge in [0.1, 0.15) is 5.75 Å². The van der Waals surface area contributed by atoms with Crippen molar-refractivity contribution < 1.29 is 9.15 Å². The normalized spacial score (nSPS) is 11.0. The van der Waals surface area contributed by atoms with Crippen LogP contribution in [0.15, 0.2) is 16.5 Å².